The van der Waals surface area contributed by atoms with Crippen molar-refractivity contribution in [2.45, 2.75) is 25.9 Å². The van der Waals surface area contributed by atoms with Crippen molar-refractivity contribution in [1.29, 1.82) is 0 Å². The number of amides is 2. The van der Waals surface area contributed by atoms with Gasteiger partial charge in [0.25, 0.3) is 0 Å². The molecule has 0 saturated heterocycles. The molecule has 7 nitrogen and oxygen atoms in total. The number of hydrogen-bond donors (Lipinski definition) is 1. The summed E-state index contributed by atoms with van der Waals surface area (Å²) in [5.74, 6) is -0.784. The highest BCUT2D eigenvalue weighted by atomic mass is 32.2. The molecule has 184 valence electrons. The third kappa shape index (κ3) is 6.93. The lowest BCUT2D eigenvalue weighted by Gasteiger charge is -2.33. The van der Waals surface area contributed by atoms with Gasteiger partial charge in [-0.1, -0.05) is 72.8 Å². The van der Waals surface area contributed by atoms with E-state index in [2.05, 4.69) is 5.32 Å². The second-order valence-electron chi connectivity index (χ2n) is 8.37. The second-order valence-corrected chi connectivity index (χ2v) is 10.3. The maximum Gasteiger partial charge on any atom is 0.244 e. The summed E-state index contributed by atoms with van der Waals surface area (Å²) >= 11 is 0. The highest BCUT2D eigenvalue weighted by Crippen LogP contribution is 2.20. The number of para-hydroxylation sites is 1. The second kappa shape index (κ2) is 11.7. The van der Waals surface area contributed by atoms with E-state index >= 15 is 0 Å². The minimum Gasteiger partial charge on any atom is -0.357 e. The van der Waals surface area contributed by atoms with Crippen LogP contribution in [0.15, 0.2) is 84.9 Å². The highest BCUT2D eigenvalue weighted by molar-refractivity contribution is 7.92. The molecule has 8 heteroatoms. The molecular formula is C27H31N3O4S. The van der Waals surface area contributed by atoms with Crippen molar-refractivity contribution in [2.24, 2.45) is 0 Å². The van der Waals surface area contributed by atoms with Gasteiger partial charge in [-0.25, -0.2) is 8.42 Å². The Morgan fingerprint density at radius 3 is 2.03 bits per heavy atom. The summed E-state index contributed by atoms with van der Waals surface area (Å²) in [6.07, 6.45) is 1.36. The Morgan fingerprint density at radius 2 is 1.46 bits per heavy atom. The Hall–Kier alpha value is -3.65. The molecule has 0 aromatic heterocycles. The van der Waals surface area contributed by atoms with Gasteiger partial charge in [-0.15, -0.1) is 0 Å². The first-order valence-corrected chi connectivity index (χ1v) is 13.2. The van der Waals surface area contributed by atoms with Gasteiger partial charge in [0.05, 0.1) is 11.9 Å². The number of aryl methyl sites for hydroxylation is 1. The first-order chi connectivity index (χ1) is 16.7. The van der Waals surface area contributed by atoms with Gasteiger partial charge in [0.1, 0.15) is 12.6 Å². The lowest BCUT2D eigenvalue weighted by Crippen LogP contribution is -2.53. The summed E-state index contributed by atoms with van der Waals surface area (Å²) in [7, 11) is -2.22. The Balaban J connectivity index is 2.02. The molecule has 0 heterocycles. The minimum absolute atomic E-state index is 0.169. The van der Waals surface area contributed by atoms with E-state index in [1.54, 1.807) is 30.3 Å². The maximum absolute atomic E-state index is 13.8. The monoisotopic (exact) mass is 493 g/mol. The van der Waals surface area contributed by atoms with E-state index in [-0.39, 0.29) is 12.5 Å². The number of benzene rings is 3. The molecule has 0 spiro atoms. The molecule has 1 atom stereocenters. The zero-order valence-corrected chi connectivity index (χ0v) is 21.0. The number of carbonyl (C=O) groups is 2. The molecule has 0 bridgehead atoms. The van der Waals surface area contributed by atoms with Crippen LogP contribution in [0.1, 0.15) is 16.7 Å². The molecule has 0 saturated carbocycles. The number of anilines is 1. The summed E-state index contributed by atoms with van der Waals surface area (Å²) in [4.78, 5) is 28.3. The topological polar surface area (TPSA) is 86.8 Å². The average Bonchev–Trinajstić information content (AvgIpc) is 2.85. The largest absolute Gasteiger partial charge is 0.357 e. The molecule has 2 amide bonds. The van der Waals surface area contributed by atoms with Gasteiger partial charge in [0.2, 0.25) is 21.8 Å². The summed E-state index contributed by atoms with van der Waals surface area (Å²) in [6, 6.07) is 24.7. The van der Waals surface area contributed by atoms with E-state index < -0.39 is 28.5 Å². The fourth-order valence-electron chi connectivity index (χ4n) is 3.90. The number of rotatable bonds is 10. The van der Waals surface area contributed by atoms with Gasteiger partial charge < -0.3 is 10.2 Å². The first kappa shape index (κ1) is 26.0. The fraction of sp³-hybridized carbons (Fsp3) is 0.259. The molecular weight excluding hydrogens is 462 g/mol. The van der Waals surface area contributed by atoms with E-state index in [0.717, 1.165) is 27.3 Å². The molecule has 0 aliphatic heterocycles. The van der Waals surface area contributed by atoms with Gasteiger partial charge in [0, 0.05) is 20.0 Å². The number of nitrogens with zero attached hydrogens (tertiary/aromatic N) is 2. The molecule has 3 aromatic carbocycles. The Morgan fingerprint density at radius 1 is 0.886 bits per heavy atom. The predicted octanol–water partition coefficient (Wildman–Crippen LogP) is 3.15. The smallest absolute Gasteiger partial charge is 0.244 e. The van der Waals surface area contributed by atoms with E-state index in [0.29, 0.717) is 12.1 Å². The Kier molecular flexibility index (Phi) is 8.65. The predicted molar refractivity (Wildman–Crippen MR) is 138 cm³/mol. The molecule has 3 rings (SSSR count). The molecule has 1 N–H and O–H groups in total. The van der Waals surface area contributed by atoms with Crippen LogP contribution in [0.3, 0.4) is 0 Å². The van der Waals surface area contributed by atoms with Crippen molar-refractivity contribution in [2.75, 3.05) is 24.2 Å². The Labute approximate surface area is 207 Å². The van der Waals surface area contributed by atoms with Gasteiger partial charge in [-0.05, 0) is 35.7 Å². The van der Waals surface area contributed by atoms with E-state index in [1.807, 2.05) is 61.5 Å². The zero-order chi connectivity index (χ0) is 25.4. The van der Waals surface area contributed by atoms with Crippen LogP contribution >= 0.6 is 0 Å². The van der Waals surface area contributed by atoms with Crippen LogP contribution in [-0.4, -0.2) is 51.0 Å². The van der Waals surface area contributed by atoms with Crippen molar-refractivity contribution in [3.05, 3.63) is 102 Å². The first-order valence-electron chi connectivity index (χ1n) is 11.3. The third-order valence-corrected chi connectivity index (χ3v) is 6.98. The number of nitrogens with one attached hydrogen (secondary N) is 1. The number of likely N-dealkylation sites (N-methyl/N-ethyl adjacent to an activating group) is 1. The van der Waals surface area contributed by atoms with Gasteiger partial charge in [0.15, 0.2) is 0 Å². The van der Waals surface area contributed by atoms with E-state index in [4.69, 9.17) is 0 Å². The van der Waals surface area contributed by atoms with Gasteiger partial charge in [-0.3, -0.25) is 13.9 Å². The van der Waals surface area contributed by atoms with E-state index in [1.165, 1.54) is 11.9 Å². The summed E-state index contributed by atoms with van der Waals surface area (Å²) in [6.45, 7) is 1.69. The van der Waals surface area contributed by atoms with Crippen LogP contribution in [-0.2, 0) is 32.6 Å². The molecule has 0 aliphatic carbocycles. The normalized spacial score (nSPS) is 12.0. The Bertz CT molecular complexity index is 1250. The summed E-state index contributed by atoms with van der Waals surface area (Å²) < 4.78 is 26.3. The molecule has 0 unspecified atom stereocenters. The lowest BCUT2D eigenvalue weighted by molar-refractivity contribution is -0.139. The number of sulfonamides is 1. The van der Waals surface area contributed by atoms with Crippen LogP contribution < -0.4 is 9.62 Å². The average molecular weight is 494 g/mol. The van der Waals surface area contributed by atoms with Crippen molar-refractivity contribution < 1.29 is 18.0 Å². The highest BCUT2D eigenvalue weighted by Gasteiger charge is 2.32. The lowest BCUT2D eigenvalue weighted by atomic mass is 10.0. The zero-order valence-electron chi connectivity index (χ0n) is 20.2. The summed E-state index contributed by atoms with van der Waals surface area (Å²) in [5, 5.41) is 2.67. The van der Waals surface area contributed by atoms with Crippen LogP contribution in [0.5, 0.6) is 0 Å². The molecule has 0 radical (unpaired) electrons. The standard InChI is InChI=1S/C27H31N3O4S/c1-21-12-10-11-15-23(21)19-29(25(27(32)28-2)18-22-13-6-4-7-14-22)26(31)20-30(35(3,33)34)24-16-8-5-9-17-24/h4-17,25H,18-20H2,1-3H3,(H,28,32)/t25-/m1/s1. The van der Waals surface area contributed by atoms with Crippen LogP contribution in [0.4, 0.5) is 5.69 Å². The third-order valence-electron chi connectivity index (χ3n) is 5.84. The molecule has 0 fully saturated rings. The number of carbonyl (C=O) groups excluding carboxylic acids is 2. The minimum atomic E-state index is -3.75. The van der Waals surface area contributed by atoms with Crippen molar-refractivity contribution in [3.8, 4) is 0 Å². The van der Waals surface area contributed by atoms with Crippen LogP contribution in [0.25, 0.3) is 0 Å². The maximum atomic E-state index is 13.8. The fourth-order valence-corrected chi connectivity index (χ4v) is 4.75. The molecule has 3 aromatic rings. The molecule has 35 heavy (non-hydrogen) atoms. The number of hydrogen-bond acceptors (Lipinski definition) is 4. The molecule has 0 aliphatic rings. The van der Waals surface area contributed by atoms with E-state index in [9.17, 15) is 18.0 Å². The van der Waals surface area contributed by atoms with Crippen LogP contribution in [0.2, 0.25) is 0 Å². The summed E-state index contributed by atoms with van der Waals surface area (Å²) in [5.41, 5.74) is 3.14. The van der Waals surface area contributed by atoms with Crippen molar-refractivity contribution >= 4 is 27.5 Å². The SMILES string of the molecule is CNC(=O)[C@@H](Cc1ccccc1)N(Cc1ccccc1C)C(=O)CN(c1ccccc1)S(C)(=O)=O. The van der Waals surface area contributed by atoms with Crippen LogP contribution in [0, 0.1) is 6.92 Å². The van der Waals surface area contributed by atoms with Crippen molar-refractivity contribution in [1.82, 2.24) is 10.2 Å². The van der Waals surface area contributed by atoms with Crippen molar-refractivity contribution in [3.63, 3.8) is 0 Å². The quantitative estimate of drug-likeness (QED) is 0.470. The van der Waals surface area contributed by atoms with Gasteiger partial charge >= 0.3 is 0 Å². The van der Waals surface area contributed by atoms with Gasteiger partial charge in [-0.2, -0.15) is 0 Å².